The Morgan fingerprint density at radius 1 is 0.259 bits per heavy atom. The fourth-order valence-electron chi connectivity index (χ4n) is 13.5. The molecule has 0 saturated carbocycles. The lowest BCUT2D eigenvalue weighted by atomic mass is 9.97. The summed E-state index contributed by atoms with van der Waals surface area (Å²) in [5.74, 6) is 0. The van der Waals surface area contributed by atoms with Gasteiger partial charge in [-0.25, -0.2) is 0 Å². The third-order valence-corrected chi connectivity index (χ3v) is 18.0. The van der Waals surface area contributed by atoms with Gasteiger partial charge < -0.3 is 18.3 Å². The molecule has 5 heterocycles. The Morgan fingerprint density at radius 3 is 1.07 bits per heavy atom. The standard InChI is InChI=1S/C74H42N6S/c75-43-59-69(77-61-30-11-4-23-49(61)50-24-5-12-31-62(50)77)70(78-63-32-13-6-25-51(63)52-26-7-14-33-64(52)78)60(44-76)72(71(59)79-65-34-15-8-27-53(65)54-28-9-16-35-66(54)79)80-67-42-48(47-22-18-21-46(41-47)45-19-2-1-3-20-45)37-38-55(67)57-39-40-58-56-29-10-17-36-68(56)81-74(58)73(57)80/h1-42H. The molecule has 0 aliphatic rings. The van der Waals surface area contributed by atoms with E-state index < -0.39 is 0 Å². The van der Waals surface area contributed by atoms with Crippen molar-refractivity contribution >= 4 is 119 Å². The molecule has 0 aliphatic heterocycles. The van der Waals surface area contributed by atoms with E-state index in [2.05, 4.69) is 285 Å². The second-order valence-corrected chi connectivity index (χ2v) is 22.0. The van der Waals surface area contributed by atoms with Crippen LogP contribution in [-0.2, 0) is 0 Å². The van der Waals surface area contributed by atoms with Gasteiger partial charge in [-0.2, -0.15) is 10.5 Å². The first kappa shape index (κ1) is 45.1. The van der Waals surface area contributed by atoms with Crippen LogP contribution in [0.15, 0.2) is 255 Å². The number of fused-ring (bicyclic) bond motifs is 16. The van der Waals surface area contributed by atoms with Crippen molar-refractivity contribution in [1.82, 2.24) is 18.3 Å². The smallest absolute Gasteiger partial charge is 0.104 e. The molecule has 6 nitrogen and oxygen atoms in total. The van der Waals surface area contributed by atoms with Crippen molar-refractivity contribution < 1.29 is 0 Å². The van der Waals surface area contributed by atoms with Crippen LogP contribution in [0.5, 0.6) is 0 Å². The summed E-state index contributed by atoms with van der Waals surface area (Å²) < 4.78 is 11.5. The molecule has 0 bridgehead atoms. The molecule has 81 heavy (non-hydrogen) atoms. The third kappa shape index (κ3) is 6.29. The second-order valence-electron chi connectivity index (χ2n) is 20.9. The fourth-order valence-corrected chi connectivity index (χ4v) is 14.7. The summed E-state index contributed by atoms with van der Waals surface area (Å²) in [5, 5.41) is 36.5. The average Bonchev–Trinajstić information content (AvgIpc) is 4.52. The molecule has 0 radical (unpaired) electrons. The Labute approximate surface area is 467 Å². The van der Waals surface area contributed by atoms with Gasteiger partial charge in [0.15, 0.2) is 0 Å². The Bertz CT molecular complexity index is 5470. The molecule has 0 atom stereocenters. The van der Waals surface area contributed by atoms with E-state index in [1.54, 1.807) is 11.3 Å². The molecule has 12 aromatic carbocycles. The predicted octanol–water partition coefficient (Wildman–Crippen LogP) is 19.5. The summed E-state index contributed by atoms with van der Waals surface area (Å²) >= 11 is 1.77. The highest BCUT2D eigenvalue weighted by Crippen LogP contribution is 2.51. The molecule has 0 aliphatic carbocycles. The number of aromatic nitrogens is 4. The summed E-state index contributed by atoms with van der Waals surface area (Å²) in [4.78, 5) is 0. The minimum absolute atomic E-state index is 0.419. The molecule has 0 amide bonds. The van der Waals surface area contributed by atoms with Crippen LogP contribution in [0.4, 0.5) is 0 Å². The number of para-hydroxylation sites is 6. The van der Waals surface area contributed by atoms with Gasteiger partial charge in [0.05, 0.1) is 71.6 Å². The Hall–Kier alpha value is -11.0. The van der Waals surface area contributed by atoms with Gasteiger partial charge in [0.25, 0.3) is 0 Å². The van der Waals surface area contributed by atoms with Crippen LogP contribution in [0.25, 0.3) is 152 Å². The monoisotopic (exact) mass is 1050 g/mol. The quantitative estimate of drug-likeness (QED) is 0.167. The van der Waals surface area contributed by atoms with Gasteiger partial charge in [-0.15, -0.1) is 11.3 Å². The van der Waals surface area contributed by atoms with Crippen molar-refractivity contribution in [2.75, 3.05) is 0 Å². The van der Waals surface area contributed by atoms with E-state index in [1.165, 1.54) is 10.1 Å². The minimum Gasteiger partial charge on any atom is -0.306 e. The van der Waals surface area contributed by atoms with Gasteiger partial charge in [-0.3, -0.25) is 0 Å². The van der Waals surface area contributed by atoms with E-state index in [4.69, 9.17) is 0 Å². The number of nitrogens with zero attached hydrogens (tertiary/aromatic N) is 6. The number of benzene rings is 12. The molecule has 0 saturated heterocycles. The number of hydrogen-bond acceptors (Lipinski definition) is 3. The zero-order valence-electron chi connectivity index (χ0n) is 43.3. The molecule has 0 spiro atoms. The van der Waals surface area contributed by atoms with E-state index in [1.807, 2.05) is 0 Å². The van der Waals surface area contributed by atoms with Crippen LogP contribution in [0.1, 0.15) is 11.1 Å². The molecular formula is C74H42N6S. The van der Waals surface area contributed by atoms with Gasteiger partial charge in [0, 0.05) is 58.6 Å². The zero-order chi connectivity index (χ0) is 53.4. The first-order chi connectivity index (χ1) is 40.2. The molecule has 17 rings (SSSR count). The lowest BCUT2D eigenvalue weighted by Crippen LogP contribution is -2.16. The molecule has 0 N–H and O–H groups in total. The van der Waals surface area contributed by atoms with Gasteiger partial charge >= 0.3 is 0 Å². The van der Waals surface area contributed by atoms with Crippen LogP contribution in [0.3, 0.4) is 0 Å². The van der Waals surface area contributed by atoms with E-state index >= 15 is 0 Å². The van der Waals surface area contributed by atoms with Crippen molar-refractivity contribution in [3.63, 3.8) is 0 Å². The van der Waals surface area contributed by atoms with E-state index in [9.17, 15) is 10.5 Å². The highest BCUT2D eigenvalue weighted by molar-refractivity contribution is 7.26. The van der Waals surface area contributed by atoms with Crippen molar-refractivity contribution in [1.29, 1.82) is 10.5 Å². The number of nitriles is 2. The summed E-state index contributed by atoms with van der Waals surface area (Å²) in [7, 11) is 0. The van der Waals surface area contributed by atoms with Gasteiger partial charge in [-0.1, -0.05) is 200 Å². The third-order valence-electron chi connectivity index (χ3n) is 16.8. The van der Waals surface area contributed by atoms with Crippen LogP contribution in [0.2, 0.25) is 0 Å². The SMILES string of the molecule is N#Cc1c(-n2c3ccccc3c3ccccc32)c(-n2c3ccccc3c3ccccc32)c(C#N)c(-n2c3cc(-c4cccc(-c5ccccc5)c4)ccc3c3ccc4c5ccccc5sc4c32)c1-n1c2ccccc2c2ccccc21. The maximum absolute atomic E-state index is 13.0. The summed E-state index contributed by atoms with van der Waals surface area (Å²) in [6.45, 7) is 0. The molecule has 374 valence electrons. The topological polar surface area (TPSA) is 67.3 Å². The van der Waals surface area contributed by atoms with E-state index in [-0.39, 0.29) is 0 Å². The molecule has 7 heteroatoms. The summed E-state index contributed by atoms with van der Waals surface area (Å²) in [6, 6.07) is 96.1. The fraction of sp³-hybridized carbons (Fsp3) is 0. The van der Waals surface area contributed by atoms with Gasteiger partial charge in [0.1, 0.15) is 23.3 Å². The highest BCUT2D eigenvalue weighted by atomic mass is 32.1. The minimum atomic E-state index is 0.419. The Kier molecular flexibility index (Phi) is 9.62. The number of rotatable bonds is 6. The summed E-state index contributed by atoms with van der Waals surface area (Å²) in [5.41, 5.74) is 15.1. The lowest BCUT2D eigenvalue weighted by Gasteiger charge is -2.27. The maximum Gasteiger partial charge on any atom is 0.104 e. The molecule has 17 aromatic rings. The summed E-state index contributed by atoms with van der Waals surface area (Å²) in [6.07, 6.45) is 0. The van der Waals surface area contributed by atoms with Crippen LogP contribution < -0.4 is 0 Å². The Morgan fingerprint density at radius 2 is 0.605 bits per heavy atom. The largest absolute Gasteiger partial charge is 0.306 e. The molecule has 0 unspecified atom stereocenters. The van der Waals surface area contributed by atoms with Crippen LogP contribution in [-0.4, -0.2) is 18.3 Å². The normalized spacial score (nSPS) is 11.9. The molecule has 5 aromatic heterocycles. The molecule has 0 fully saturated rings. The van der Waals surface area contributed by atoms with E-state index in [0.29, 0.717) is 33.9 Å². The maximum atomic E-state index is 13.0. The molecular weight excluding hydrogens is 1000 g/mol. The lowest BCUT2D eigenvalue weighted by molar-refractivity contribution is 1.03. The average molecular weight is 1050 g/mol. The van der Waals surface area contributed by atoms with Gasteiger partial charge in [-0.05, 0) is 76.9 Å². The van der Waals surface area contributed by atoms with Gasteiger partial charge in [0.2, 0.25) is 0 Å². The number of thiophene rings is 1. The second kappa shape index (κ2) is 17.3. The zero-order valence-corrected chi connectivity index (χ0v) is 44.2. The van der Waals surface area contributed by atoms with Crippen LogP contribution >= 0.6 is 11.3 Å². The van der Waals surface area contributed by atoms with Crippen molar-refractivity contribution in [2.24, 2.45) is 0 Å². The highest BCUT2D eigenvalue weighted by Gasteiger charge is 2.35. The Balaban J connectivity index is 1.16. The van der Waals surface area contributed by atoms with E-state index in [0.717, 1.165) is 120 Å². The predicted molar refractivity (Wildman–Crippen MR) is 337 cm³/mol. The first-order valence-corrected chi connectivity index (χ1v) is 28.0. The van der Waals surface area contributed by atoms with Crippen molar-refractivity contribution in [3.05, 3.63) is 266 Å². The van der Waals surface area contributed by atoms with Crippen molar-refractivity contribution in [2.45, 2.75) is 0 Å². The number of hydrogen-bond donors (Lipinski definition) is 0. The van der Waals surface area contributed by atoms with Crippen molar-refractivity contribution in [3.8, 4) is 57.1 Å². The van der Waals surface area contributed by atoms with Crippen LogP contribution in [0, 0.1) is 22.7 Å². The first-order valence-electron chi connectivity index (χ1n) is 27.2.